The van der Waals surface area contributed by atoms with Crippen molar-refractivity contribution in [2.24, 2.45) is 0 Å². The van der Waals surface area contributed by atoms with E-state index < -0.39 is 11.0 Å². The summed E-state index contributed by atoms with van der Waals surface area (Å²) in [5.74, 6) is 0.399. The molecule has 2 heterocycles. The number of methoxy groups -OCH3 is 1. The van der Waals surface area contributed by atoms with Crippen LogP contribution in [0, 0.1) is 5.82 Å². The summed E-state index contributed by atoms with van der Waals surface area (Å²) in [4.78, 5) is 28.9. The first-order valence-corrected chi connectivity index (χ1v) is 12.5. The molecule has 34 heavy (non-hydrogen) atoms. The van der Waals surface area contributed by atoms with Crippen LogP contribution in [0.2, 0.25) is 0 Å². The lowest BCUT2D eigenvalue weighted by atomic mass is 9.77. The van der Waals surface area contributed by atoms with Crippen LogP contribution >= 0.6 is 0 Å². The largest absolute Gasteiger partial charge is 0.496 e. The Hall–Kier alpha value is -2.89. The molecule has 0 radical (unpaired) electrons. The zero-order chi connectivity index (χ0) is 23.8. The summed E-state index contributed by atoms with van der Waals surface area (Å²) in [7, 11) is 1.65. The average Bonchev–Trinajstić information content (AvgIpc) is 3.43. The first-order chi connectivity index (χ1) is 16.5. The number of ether oxygens (including phenoxy) is 1. The number of carbonyl (C=O) groups is 2. The van der Waals surface area contributed by atoms with Gasteiger partial charge in [-0.25, -0.2) is 4.39 Å². The van der Waals surface area contributed by atoms with Crippen molar-refractivity contribution in [2.75, 3.05) is 20.2 Å². The smallest absolute Gasteiger partial charge is 0.233 e. The number of nitrogens with zero attached hydrogens (tertiary/aromatic N) is 1. The summed E-state index contributed by atoms with van der Waals surface area (Å²) in [5, 5.41) is 3.33. The minimum Gasteiger partial charge on any atom is -0.496 e. The Morgan fingerprint density at radius 3 is 2.50 bits per heavy atom. The Bertz CT molecular complexity index is 1080. The number of benzene rings is 2. The standard InChI is InChI=1S/C28H33FN2O3/c1-34-24-13-5-2-10-20(24)22-18-31(19-28(22)17-7-6-14-25(32)30-28)26(33)27(15-8-9-16-27)21-11-3-4-12-23(21)29/h2-5,10-13,22H,6-9,14-19H2,1H3,(H,30,32)/t22-,28+/m0/s1. The van der Waals surface area contributed by atoms with Crippen LogP contribution < -0.4 is 10.1 Å². The molecule has 180 valence electrons. The molecule has 0 bridgehead atoms. The molecular formula is C28H33FN2O3. The van der Waals surface area contributed by atoms with Crippen molar-refractivity contribution >= 4 is 11.8 Å². The molecule has 0 unspecified atom stereocenters. The lowest BCUT2D eigenvalue weighted by Crippen LogP contribution is -2.54. The third-order valence-corrected chi connectivity index (χ3v) is 8.27. The summed E-state index contributed by atoms with van der Waals surface area (Å²) < 4.78 is 20.7. The molecule has 2 aromatic rings. The van der Waals surface area contributed by atoms with Gasteiger partial charge >= 0.3 is 0 Å². The fourth-order valence-electron chi connectivity index (χ4n) is 6.65. The van der Waals surface area contributed by atoms with Gasteiger partial charge in [-0.3, -0.25) is 9.59 Å². The highest BCUT2D eigenvalue weighted by Gasteiger charge is 2.55. The van der Waals surface area contributed by atoms with Crippen LogP contribution in [0.25, 0.3) is 0 Å². The first-order valence-electron chi connectivity index (χ1n) is 12.5. The molecule has 2 aliphatic heterocycles. The van der Waals surface area contributed by atoms with E-state index in [1.54, 1.807) is 19.2 Å². The number of halogens is 1. The molecule has 5 rings (SSSR count). The maximum atomic E-state index is 15.0. The van der Waals surface area contributed by atoms with E-state index in [-0.39, 0.29) is 23.5 Å². The van der Waals surface area contributed by atoms with Crippen LogP contribution in [0.5, 0.6) is 5.75 Å². The maximum absolute atomic E-state index is 15.0. The lowest BCUT2D eigenvalue weighted by molar-refractivity contribution is -0.137. The molecule has 5 nitrogen and oxygen atoms in total. The minimum atomic E-state index is -0.836. The fourth-order valence-corrected chi connectivity index (χ4v) is 6.65. The first kappa shape index (κ1) is 22.9. The number of hydrogen-bond acceptors (Lipinski definition) is 3. The number of likely N-dealkylation sites (tertiary alicyclic amines) is 1. The molecule has 1 spiro atoms. The highest BCUT2D eigenvalue weighted by atomic mass is 19.1. The topological polar surface area (TPSA) is 58.6 Å². The Labute approximate surface area is 200 Å². The molecule has 3 fully saturated rings. The van der Waals surface area contributed by atoms with Gasteiger partial charge in [0.25, 0.3) is 0 Å². The van der Waals surface area contributed by atoms with Crippen molar-refractivity contribution in [3.63, 3.8) is 0 Å². The second-order valence-corrected chi connectivity index (χ2v) is 10.2. The molecule has 2 aromatic carbocycles. The molecular weight excluding hydrogens is 431 g/mol. The maximum Gasteiger partial charge on any atom is 0.233 e. The summed E-state index contributed by atoms with van der Waals surface area (Å²) >= 11 is 0. The predicted octanol–water partition coefficient (Wildman–Crippen LogP) is 4.70. The van der Waals surface area contributed by atoms with Crippen LogP contribution in [0.4, 0.5) is 4.39 Å². The number of carbonyl (C=O) groups excluding carboxylic acids is 2. The quantitative estimate of drug-likeness (QED) is 0.714. The number of nitrogens with one attached hydrogen (secondary N) is 1. The molecule has 3 aliphatic rings. The van der Waals surface area contributed by atoms with Crippen molar-refractivity contribution in [2.45, 2.75) is 68.2 Å². The molecule has 2 atom stereocenters. The molecule has 6 heteroatoms. The van der Waals surface area contributed by atoms with Gasteiger partial charge in [0.1, 0.15) is 11.6 Å². The normalized spacial score (nSPS) is 26.4. The van der Waals surface area contributed by atoms with Gasteiger partial charge in [-0.05, 0) is 37.8 Å². The third kappa shape index (κ3) is 3.77. The van der Waals surface area contributed by atoms with Crippen LogP contribution in [-0.2, 0) is 15.0 Å². The van der Waals surface area contributed by atoms with E-state index in [9.17, 15) is 14.0 Å². The molecule has 0 aromatic heterocycles. The van der Waals surface area contributed by atoms with Crippen LogP contribution in [0.1, 0.15) is 68.4 Å². The number of hydrogen-bond donors (Lipinski definition) is 1. The van der Waals surface area contributed by atoms with Gasteiger partial charge in [-0.1, -0.05) is 55.7 Å². The monoisotopic (exact) mass is 464 g/mol. The van der Waals surface area contributed by atoms with E-state index in [0.717, 1.165) is 43.4 Å². The molecule has 1 aliphatic carbocycles. The Kier molecular flexibility index (Phi) is 6.09. The van der Waals surface area contributed by atoms with Crippen molar-refractivity contribution < 1.29 is 18.7 Å². The van der Waals surface area contributed by atoms with Crippen LogP contribution in [-0.4, -0.2) is 42.5 Å². The van der Waals surface area contributed by atoms with Crippen molar-refractivity contribution in [1.29, 1.82) is 0 Å². The van der Waals surface area contributed by atoms with E-state index in [4.69, 9.17) is 4.74 Å². The lowest BCUT2D eigenvalue weighted by Gasteiger charge is -2.36. The summed E-state index contributed by atoms with van der Waals surface area (Å²) in [6, 6.07) is 14.6. The van der Waals surface area contributed by atoms with Gasteiger partial charge in [0.2, 0.25) is 11.8 Å². The van der Waals surface area contributed by atoms with Crippen molar-refractivity contribution in [1.82, 2.24) is 10.2 Å². The van der Waals surface area contributed by atoms with E-state index in [0.29, 0.717) is 37.9 Å². The van der Waals surface area contributed by atoms with E-state index in [1.165, 1.54) is 6.07 Å². The van der Waals surface area contributed by atoms with Gasteiger partial charge in [0.05, 0.1) is 18.1 Å². The fraction of sp³-hybridized carbons (Fsp3) is 0.500. The van der Waals surface area contributed by atoms with E-state index in [2.05, 4.69) is 5.32 Å². The highest BCUT2D eigenvalue weighted by Crippen LogP contribution is 2.48. The summed E-state index contributed by atoms with van der Waals surface area (Å²) in [6.45, 7) is 0.923. The number of rotatable bonds is 4. The van der Waals surface area contributed by atoms with E-state index in [1.807, 2.05) is 35.2 Å². The predicted molar refractivity (Wildman–Crippen MR) is 128 cm³/mol. The van der Waals surface area contributed by atoms with Gasteiger partial charge in [-0.15, -0.1) is 0 Å². The van der Waals surface area contributed by atoms with Crippen molar-refractivity contribution in [3.05, 3.63) is 65.5 Å². The summed E-state index contributed by atoms with van der Waals surface area (Å²) in [5.41, 5.74) is 0.134. The van der Waals surface area contributed by atoms with Crippen molar-refractivity contribution in [3.8, 4) is 5.75 Å². The van der Waals surface area contributed by atoms with E-state index >= 15 is 0 Å². The zero-order valence-electron chi connectivity index (χ0n) is 19.8. The van der Waals surface area contributed by atoms with Crippen LogP contribution in [0.3, 0.4) is 0 Å². The Morgan fingerprint density at radius 2 is 1.74 bits per heavy atom. The Balaban J connectivity index is 1.56. The van der Waals surface area contributed by atoms with Crippen LogP contribution in [0.15, 0.2) is 48.5 Å². The highest BCUT2D eigenvalue weighted by molar-refractivity contribution is 5.89. The molecule has 2 amide bonds. The average molecular weight is 465 g/mol. The molecule has 1 N–H and O–H groups in total. The number of para-hydroxylation sites is 1. The number of amides is 2. The van der Waals surface area contributed by atoms with Gasteiger partial charge in [0.15, 0.2) is 0 Å². The SMILES string of the molecule is COc1ccccc1[C@@H]1CN(C(=O)C2(c3ccccc3F)CCCC2)C[C@]12CCCCC(=O)N2. The summed E-state index contributed by atoms with van der Waals surface area (Å²) in [6.07, 6.45) is 6.21. The second-order valence-electron chi connectivity index (χ2n) is 10.2. The van der Waals surface area contributed by atoms with Gasteiger partial charge < -0.3 is 15.0 Å². The molecule has 1 saturated carbocycles. The minimum absolute atomic E-state index is 0.00892. The van der Waals surface area contributed by atoms with Gasteiger partial charge in [0, 0.05) is 36.6 Å². The zero-order valence-corrected chi connectivity index (χ0v) is 19.8. The Morgan fingerprint density at radius 1 is 1.03 bits per heavy atom. The molecule has 2 saturated heterocycles. The second kappa shape index (κ2) is 9.05. The third-order valence-electron chi connectivity index (χ3n) is 8.27. The van der Waals surface area contributed by atoms with Gasteiger partial charge in [-0.2, -0.15) is 0 Å².